The van der Waals surface area contributed by atoms with E-state index in [9.17, 15) is 43.8 Å². The predicted molar refractivity (Wildman–Crippen MR) is 234 cm³/mol. The molecule has 5 amide bonds. The molecule has 5 rings (SSSR count). The highest BCUT2D eigenvalue weighted by molar-refractivity contribution is 6.36. The molecule has 0 fully saturated rings. The number of nitrogens with two attached hydrogens (primary N) is 1. The molecule has 8 N–H and O–H groups in total. The Balaban J connectivity index is 1.51. The molecule has 1 aliphatic heterocycles. The molecule has 0 saturated heterocycles. The van der Waals surface area contributed by atoms with Crippen molar-refractivity contribution >= 4 is 52.9 Å². The van der Waals surface area contributed by atoms with Gasteiger partial charge in [-0.3, -0.25) is 28.8 Å². The second-order valence-corrected chi connectivity index (χ2v) is 15.7. The van der Waals surface area contributed by atoms with Crippen molar-refractivity contribution in [3.05, 3.63) is 112 Å². The Labute approximate surface area is 369 Å². The molecular weight excluding hydrogens is 832 g/mol. The summed E-state index contributed by atoms with van der Waals surface area (Å²) in [5, 5.41) is 32.7. The van der Waals surface area contributed by atoms with E-state index in [4.69, 9.17) is 17.3 Å². The first-order valence-corrected chi connectivity index (χ1v) is 20.7. The molecule has 17 heteroatoms. The molecule has 0 spiro atoms. The molecule has 332 valence electrons. The summed E-state index contributed by atoms with van der Waals surface area (Å²) in [6, 6.07) is 16.6. The lowest BCUT2D eigenvalue weighted by atomic mass is 9.91. The van der Waals surface area contributed by atoms with Crippen molar-refractivity contribution in [3.8, 4) is 28.0 Å². The van der Waals surface area contributed by atoms with Crippen LogP contribution in [0.2, 0.25) is 5.02 Å². The first-order valence-electron chi connectivity index (χ1n) is 20.3. The molecule has 0 aromatic heterocycles. The number of hydrogen-bond acceptors (Lipinski definition) is 11. The number of benzene rings is 4. The molecule has 4 bridgehead atoms. The van der Waals surface area contributed by atoms with Gasteiger partial charge in [0.1, 0.15) is 29.9 Å². The van der Waals surface area contributed by atoms with Gasteiger partial charge in [-0.2, -0.15) is 0 Å². The summed E-state index contributed by atoms with van der Waals surface area (Å²) in [6.45, 7) is 2.51. The largest absolute Gasteiger partial charge is 0.507 e. The highest BCUT2D eigenvalue weighted by Gasteiger charge is 2.36. The Hall–Kier alpha value is -6.62. The zero-order valence-electron chi connectivity index (χ0n) is 35.3. The molecule has 0 saturated carbocycles. The minimum Gasteiger partial charge on any atom is -0.507 e. The Morgan fingerprint density at radius 3 is 2.19 bits per heavy atom. The molecule has 5 unspecified atom stereocenters. The van der Waals surface area contributed by atoms with Gasteiger partial charge in [0.15, 0.2) is 0 Å². The van der Waals surface area contributed by atoms with Crippen LogP contribution in [0.15, 0.2) is 84.9 Å². The first-order chi connectivity index (χ1) is 30.1. The van der Waals surface area contributed by atoms with E-state index >= 15 is 0 Å². The number of esters is 1. The van der Waals surface area contributed by atoms with Crippen LogP contribution < -0.4 is 27.0 Å². The number of phenolic OH excluding ortho intramolecular Hbond substituents is 1. The molecule has 63 heavy (non-hydrogen) atoms. The zero-order chi connectivity index (χ0) is 46.0. The molecule has 0 radical (unpaired) electrons. The van der Waals surface area contributed by atoms with E-state index in [1.165, 1.54) is 33.0 Å². The lowest BCUT2D eigenvalue weighted by Gasteiger charge is -2.32. The summed E-state index contributed by atoms with van der Waals surface area (Å²) in [4.78, 5) is 95.6. The number of rotatable bonds is 14. The van der Waals surface area contributed by atoms with E-state index in [1.54, 1.807) is 60.7 Å². The van der Waals surface area contributed by atoms with Gasteiger partial charge in [0.25, 0.3) is 11.7 Å². The van der Waals surface area contributed by atoms with E-state index in [1.807, 2.05) is 12.1 Å². The van der Waals surface area contributed by atoms with Gasteiger partial charge in [-0.25, -0.2) is 4.79 Å². The van der Waals surface area contributed by atoms with Crippen molar-refractivity contribution in [3.63, 3.8) is 0 Å². The van der Waals surface area contributed by atoms with Crippen molar-refractivity contribution < 1.29 is 48.5 Å². The number of ether oxygens (including phenoxy) is 1. The van der Waals surface area contributed by atoms with Gasteiger partial charge in [-0.15, -0.1) is 0 Å². The number of carbonyl (C=O) groups is 7. The standard InChI is InChI=1S/C46H51ClN6O10/c1-25(40(56)46(62)63-4)49-43(59)37-22-27-8-19-38(55)35(21-27)34-23-31(13-14-32(34)24-54)39(44(60)50-26(2)41(57)52-37)53(3)45(61)36(7-5-6-20-48)51-42(58)30-11-9-28(10-12-30)29-15-17-33(47)18-16-29/h8-19,21,23,25-26,36-37,39,54-55H,5-7,20,22,24,48H2,1-4H3,(H,49,59)(H,50,60)(H,51,58)(H,52,57). The lowest BCUT2D eigenvalue weighted by Crippen LogP contribution is -2.57. The number of amides is 5. The average Bonchev–Trinajstić information content (AvgIpc) is 3.28. The number of Topliss-reactive ketones (excluding diaryl/α,β-unsaturated/α-hetero) is 1. The topological polar surface area (TPSA) is 247 Å². The third-order valence-electron chi connectivity index (χ3n) is 10.8. The van der Waals surface area contributed by atoms with E-state index < -0.39 is 78.1 Å². The van der Waals surface area contributed by atoms with Crippen molar-refractivity contribution in [2.24, 2.45) is 5.73 Å². The molecule has 1 aliphatic rings. The number of methoxy groups -OCH3 is 1. The quantitative estimate of drug-likeness (QED) is 0.0551. The number of halogens is 1. The van der Waals surface area contributed by atoms with Crippen molar-refractivity contribution in [1.29, 1.82) is 0 Å². The number of aromatic hydroxyl groups is 1. The summed E-state index contributed by atoms with van der Waals surface area (Å²) in [5.74, 6) is -6.05. The molecule has 1 heterocycles. The van der Waals surface area contributed by atoms with Crippen molar-refractivity contribution in [2.75, 3.05) is 20.7 Å². The van der Waals surface area contributed by atoms with Gasteiger partial charge < -0.3 is 46.9 Å². The van der Waals surface area contributed by atoms with Crippen LogP contribution in [-0.2, 0) is 46.5 Å². The maximum absolute atomic E-state index is 14.6. The summed E-state index contributed by atoms with van der Waals surface area (Å²) >= 11 is 6.04. The molecule has 16 nitrogen and oxygen atoms in total. The van der Waals surface area contributed by atoms with Crippen LogP contribution in [0.1, 0.15) is 66.2 Å². The van der Waals surface area contributed by atoms with Gasteiger partial charge >= 0.3 is 5.97 Å². The third kappa shape index (κ3) is 11.7. The number of aliphatic hydroxyl groups is 1. The van der Waals surface area contributed by atoms with Crippen LogP contribution in [0.25, 0.3) is 22.3 Å². The molecule has 4 aromatic carbocycles. The van der Waals surface area contributed by atoms with Crippen molar-refractivity contribution in [1.82, 2.24) is 26.2 Å². The van der Waals surface area contributed by atoms with Crippen LogP contribution in [-0.4, -0.2) is 101 Å². The summed E-state index contributed by atoms with van der Waals surface area (Å²) in [6.07, 6.45) is 1.01. The molecule has 0 aliphatic carbocycles. The van der Waals surface area contributed by atoms with Gasteiger partial charge in [0.05, 0.1) is 19.8 Å². The minimum absolute atomic E-state index is 0.164. The molecule has 5 atom stereocenters. The Morgan fingerprint density at radius 1 is 0.889 bits per heavy atom. The fourth-order valence-electron chi connectivity index (χ4n) is 7.21. The summed E-state index contributed by atoms with van der Waals surface area (Å²) < 4.78 is 4.48. The number of nitrogens with one attached hydrogen (secondary N) is 4. The number of aliphatic hydroxyl groups excluding tert-OH is 1. The SMILES string of the molecule is COC(=O)C(=O)C(C)NC(=O)C1Cc2ccc(O)c(c2)-c2cc(ccc2CO)C(N(C)C(=O)C(CCCCN)NC(=O)c2ccc(-c3ccc(Cl)cc3)cc2)C(=O)NC(C)C(=O)N1. The number of unbranched alkanes of at least 4 members (excludes halogenated alkanes) is 1. The predicted octanol–water partition coefficient (Wildman–Crippen LogP) is 3.09. The van der Waals surface area contributed by atoms with Gasteiger partial charge in [0.2, 0.25) is 23.6 Å². The van der Waals surface area contributed by atoms with Gasteiger partial charge in [-0.05, 0) is 115 Å². The Bertz CT molecular complexity index is 2360. The normalized spacial score (nSPS) is 17.2. The first kappa shape index (κ1) is 47.4. The van der Waals surface area contributed by atoms with Crippen molar-refractivity contribution in [2.45, 2.75) is 76.3 Å². The molecular formula is C46H51ClN6O10. The van der Waals surface area contributed by atoms with Gasteiger partial charge in [-0.1, -0.05) is 54.1 Å². The fourth-order valence-corrected chi connectivity index (χ4v) is 7.33. The zero-order valence-corrected chi connectivity index (χ0v) is 36.0. The Morgan fingerprint density at radius 2 is 1.56 bits per heavy atom. The van der Waals surface area contributed by atoms with Crippen LogP contribution in [0.3, 0.4) is 0 Å². The summed E-state index contributed by atoms with van der Waals surface area (Å²) in [5.41, 5.74) is 9.34. The maximum atomic E-state index is 14.6. The highest BCUT2D eigenvalue weighted by atomic mass is 35.5. The lowest BCUT2D eigenvalue weighted by molar-refractivity contribution is -0.152. The fraction of sp³-hybridized carbons (Fsp3) is 0.326. The number of ketones is 1. The smallest absolute Gasteiger partial charge is 0.376 e. The Kier molecular flexibility index (Phi) is 16.1. The average molecular weight is 883 g/mol. The van der Waals surface area contributed by atoms with E-state index in [-0.39, 0.29) is 35.3 Å². The van der Waals surface area contributed by atoms with Crippen LogP contribution in [0.4, 0.5) is 0 Å². The maximum Gasteiger partial charge on any atom is 0.376 e. The van der Waals surface area contributed by atoms with E-state index in [0.717, 1.165) is 23.1 Å². The van der Waals surface area contributed by atoms with E-state index in [0.29, 0.717) is 41.1 Å². The monoisotopic (exact) mass is 882 g/mol. The van der Waals surface area contributed by atoms with Crippen LogP contribution in [0.5, 0.6) is 5.75 Å². The van der Waals surface area contributed by atoms with Crippen LogP contribution in [0, 0.1) is 0 Å². The summed E-state index contributed by atoms with van der Waals surface area (Å²) in [7, 11) is 2.41. The van der Waals surface area contributed by atoms with Gasteiger partial charge in [0, 0.05) is 29.6 Å². The minimum atomic E-state index is -1.44. The number of phenols is 1. The second-order valence-electron chi connectivity index (χ2n) is 15.3. The van der Waals surface area contributed by atoms with E-state index in [2.05, 4.69) is 26.0 Å². The third-order valence-corrected chi connectivity index (χ3v) is 11.0. The van der Waals surface area contributed by atoms with Crippen LogP contribution >= 0.6 is 11.6 Å². The molecule has 4 aromatic rings. The number of hydrogen-bond donors (Lipinski definition) is 7. The number of fused-ring (bicyclic) bond motifs is 5. The number of carbonyl (C=O) groups excluding carboxylic acids is 7. The highest BCUT2D eigenvalue weighted by Crippen LogP contribution is 2.36. The second kappa shape index (κ2) is 21.4. The number of likely N-dealkylation sites (N-methyl/N-ethyl adjacent to an activating group) is 1. The number of nitrogens with zero attached hydrogens (tertiary/aromatic N) is 1.